The highest BCUT2D eigenvalue weighted by Gasteiger charge is 2.33. The number of amides is 1. The zero-order valence-electron chi connectivity index (χ0n) is 14.5. The molecule has 2 aromatic carbocycles. The number of carboxylic acids is 1. The van der Waals surface area contributed by atoms with Gasteiger partial charge in [-0.15, -0.1) is 0 Å². The standard InChI is InChI=1S/C21H14N2O3S2/c24-19-18(28-21(27)23(19)16-5-2-1-3-6-16)13-17-7-4-12-22(17)15-10-8-14(9-11-15)20(25)26/h1-13H,(H,25,26). The molecular weight excluding hydrogens is 392 g/mol. The van der Waals surface area contributed by atoms with E-state index in [9.17, 15) is 9.59 Å². The van der Waals surface area contributed by atoms with E-state index in [4.69, 9.17) is 17.3 Å². The molecule has 7 heteroatoms. The Hall–Kier alpha value is -3.16. The van der Waals surface area contributed by atoms with Gasteiger partial charge in [0.1, 0.15) is 0 Å². The van der Waals surface area contributed by atoms with E-state index in [1.165, 1.54) is 16.7 Å². The van der Waals surface area contributed by atoms with Crippen molar-refractivity contribution in [2.75, 3.05) is 4.90 Å². The Bertz CT molecular complexity index is 1100. The highest BCUT2D eigenvalue weighted by Crippen LogP contribution is 2.36. The Morgan fingerprint density at radius 2 is 1.68 bits per heavy atom. The van der Waals surface area contributed by atoms with Crippen LogP contribution in [-0.4, -0.2) is 25.9 Å². The minimum absolute atomic E-state index is 0.157. The van der Waals surface area contributed by atoms with Gasteiger partial charge >= 0.3 is 5.97 Å². The van der Waals surface area contributed by atoms with Crippen molar-refractivity contribution in [3.05, 3.63) is 89.1 Å². The number of benzene rings is 2. The van der Waals surface area contributed by atoms with Crippen LogP contribution in [0.5, 0.6) is 0 Å². The fourth-order valence-corrected chi connectivity index (χ4v) is 4.20. The Balaban J connectivity index is 1.66. The first-order valence-corrected chi connectivity index (χ1v) is 9.61. The van der Waals surface area contributed by atoms with Crippen LogP contribution in [0, 0.1) is 0 Å². The first kappa shape index (κ1) is 18.2. The molecule has 0 saturated carbocycles. The molecule has 1 saturated heterocycles. The van der Waals surface area contributed by atoms with E-state index < -0.39 is 5.97 Å². The van der Waals surface area contributed by atoms with Gasteiger partial charge < -0.3 is 9.67 Å². The first-order valence-electron chi connectivity index (χ1n) is 8.39. The van der Waals surface area contributed by atoms with Crippen LogP contribution in [-0.2, 0) is 4.79 Å². The summed E-state index contributed by atoms with van der Waals surface area (Å²) < 4.78 is 2.38. The van der Waals surface area contributed by atoms with Crippen molar-refractivity contribution in [2.45, 2.75) is 0 Å². The Kier molecular flexibility index (Phi) is 4.85. The average Bonchev–Trinajstić information content (AvgIpc) is 3.27. The molecule has 0 aliphatic carbocycles. The molecule has 1 aliphatic heterocycles. The third kappa shape index (κ3) is 3.37. The lowest BCUT2D eigenvalue weighted by Gasteiger charge is -2.13. The van der Waals surface area contributed by atoms with Crippen molar-refractivity contribution in [1.29, 1.82) is 0 Å². The Labute approximate surface area is 170 Å². The summed E-state index contributed by atoms with van der Waals surface area (Å²) >= 11 is 6.67. The second-order valence-electron chi connectivity index (χ2n) is 6.01. The summed E-state index contributed by atoms with van der Waals surface area (Å²) in [5.74, 6) is -1.13. The van der Waals surface area contributed by atoms with Gasteiger partial charge in [0, 0.05) is 17.6 Å². The number of aromatic nitrogens is 1. The molecule has 4 rings (SSSR count). The highest BCUT2D eigenvalue weighted by molar-refractivity contribution is 8.27. The number of hydrogen-bond donors (Lipinski definition) is 1. The van der Waals surface area contributed by atoms with Gasteiger partial charge in [-0.05, 0) is 54.6 Å². The summed E-state index contributed by atoms with van der Waals surface area (Å²) in [5.41, 5.74) is 2.57. The average molecular weight is 406 g/mol. The molecule has 28 heavy (non-hydrogen) atoms. The fourth-order valence-electron chi connectivity index (χ4n) is 2.91. The number of thiocarbonyl (C=S) groups is 1. The van der Waals surface area contributed by atoms with Crippen LogP contribution in [0.15, 0.2) is 77.8 Å². The van der Waals surface area contributed by atoms with Gasteiger partial charge in [-0.2, -0.15) is 0 Å². The van der Waals surface area contributed by atoms with Crippen LogP contribution in [0.25, 0.3) is 11.8 Å². The number of carbonyl (C=O) groups excluding carboxylic acids is 1. The molecule has 138 valence electrons. The zero-order valence-corrected chi connectivity index (χ0v) is 16.1. The lowest BCUT2D eigenvalue weighted by atomic mass is 10.2. The van der Waals surface area contributed by atoms with Crippen molar-refractivity contribution >= 4 is 51.9 Å². The maximum Gasteiger partial charge on any atom is 0.335 e. The van der Waals surface area contributed by atoms with E-state index >= 15 is 0 Å². The van der Waals surface area contributed by atoms with Gasteiger partial charge in [0.25, 0.3) is 5.91 Å². The number of rotatable bonds is 4. The molecule has 2 heterocycles. The van der Waals surface area contributed by atoms with E-state index in [1.54, 1.807) is 30.3 Å². The van der Waals surface area contributed by atoms with Gasteiger partial charge in [-0.1, -0.05) is 42.2 Å². The molecule has 0 radical (unpaired) electrons. The summed E-state index contributed by atoms with van der Waals surface area (Å²) in [6.07, 6.45) is 3.66. The molecule has 0 bridgehead atoms. The predicted octanol–water partition coefficient (Wildman–Crippen LogP) is 4.58. The third-order valence-electron chi connectivity index (χ3n) is 4.26. The molecule has 1 amide bonds. The SMILES string of the molecule is O=C(O)c1ccc(-n2cccc2C=C2SC(=S)N(c3ccccc3)C2=O)cc1. The van der Waals surface area contributed by atoms with Gasteiger partial charge in [-0.25, -0.2) is 4.79 Å². The Morgan fingerprint density at radius 1 is 0.964 bits per heavy atom. The van der Waals surface area contributed by atoms with E-state index in [2.05, 4.69) is 0 Å². The molecule has 5 nitrogen and oxygen atoms in total. The van der Waals surface area contributed by atoms with Crippen molar-refractivity contribution < 1.29 is 14.7 Å². The monoisotopic (exact) mass is 406 g/mol. The summed E-state index contributed by atoms with van der Waals surface area (Å²) in [6, 6.07) is 19.6. The number of hydrogen-bond acceptors (Lipinski definition) is 4. The smallest absolute Gasteiger partial charge is 0.335 e. The van der Waals surface area contributed by atoms with Crippen LogP contribution in [0.4, 0.5) is 5.69 Å². The molecule has 3 aromatic rings. The zero-order chi connectivity index (χ0) is 19.7. The minimum atomic E-state index is -0.969. The minimum Gasteiger partial charge on any atom is -0.478 e. The van der Waals surface area contributed by atoms with Crippen LogP contribution >= 0.6 is 24.0 Å². The van der Waals surface area contributed by atoms with Crippen molar-refractivity contribution in [1.82, 2.24) is 4.57 Å². The number of anilines is 1. The van der Waals surface area contributed by atoms with E-state index in [0.29, 0.717) is 9.23 Å². The molecular formula is C21H14N2O3S2. The molecule has 1 N–H and O–H groups in total. The molecule has 1 aliphatic rings. The molecule has 1 fully saturated rings. The highest BCUT2D eigenvalue weighted by atomic mass is 32.2. The van der Waals surface area contributed by atoms with E-state index in [0.717, 1.165) is 17.1 Å². The normalized spacial score (nSPS) is 15.4. The quantitative estimate of drug-likeness (QED) is 0.508. The van der Waals surface area contributed by atoms with Crippen LogP contribution in [0.3, 0.4) is 0 Å². The van der Waals surface area contributed by atoms with Gasteiger partial charge in [-0.3, -0.25) is 9.69 Å². The van der Waals surface area contributed by atoms with Gasteiger partial charge in [0.05, 0.1) is 16.2 Å². The van der Waals surface area contributed by atoms with Crippen molar-refractivity contribution in [3.63, 3.8) is 0 Å². The van der Waals surface area contributed by atoms with E-state index in [-0.39, 0.29) is 11.5 Å². The fraction of sp³-hybridized carbons (Fsp3) is 0. The van der Waals surface area contributed by atoms with Crippen LogP contribution in [0.1, 0.15) is 16.1 Å². The van der Waals surface area contributed by atoms with E-state index in [1.807, 2.05) is 53.2 Å². The Morgan fingerprint density at radius 3 is 2.36 bits per heavy atom. The lowest BCUT2D eigenvalue weighted by Crippen LogP contribution is -2.27. The summed E-state index contributed by atoms with van der Waals surface area (Å²) in [5, 5.41) is 9.05. The summed E-state index contributed by atoms with van der Waals surface area (Å²) in [6.45, 7) is 0. The first-order chi connectivity index (χ1) is 13.5. The second-order valence-corrected chi connectivity index (χ2v) is 7.68. The number of carbonyl (C=O) groups is 2. The number of nitrogens with zero attached hydrogens (tertiary/aromatic N) is 2. The van der Waals surface area contributed by atoms with Gasteiger partial charge in [0.2, 0.25) is 0 Å². The largest absolute Gasteiger partial charge is 0.478 e. The molecule has 1 aromatic heterocycles. The number of para-hydroxylation sites is 1. The number of aromatic carboxylic acids is 1. The van der Waals surface area contributed by atoms with Crippen LogP contribution < -0.4 is 4.90 Å². The number of carboxylic acid groups (broad SMARTS) is 1. The van der Waals surface area contributed by atoms with Crippen LogP contribution in [0.2, 0.25) is 0 Å². The number of thioether (sulfide) groups is 1. The van der Waals surface area contributed by atoms with Crippen molar-refractivity contribution in [3.8, 4) is 5.69 Å². The third-order valence-corrected chi connectivity index (χ3v) is 5.56. The molecule has 0 spiro atoms. The molecule has 0 atom stereocenters. The summed E-state index contributed by atoms with van der Waals surface area (Å²) in [7, 11) is 0. The van der Waals surface area contributed by atoms with Crippen molar-refractivity contribution in [2.24, 2.45) is 0 Å². The topological polar surface area (TPSA) is 62.5 Å². The predicted molar refractivity (Wildman–Crippen MR) is 115 cm³/mol. The molecule has 0 unspecified atom stereocenters. The maximum absolute atomic E-state index is 12.9. The second kappa shape index (κ2) is 7.46. The lowest BCUT2D eigenvalue weighted by molar-refractivity contribution is -0.113. The maximum atomic E-state index is 12.9. The summed E-state index contributed by atoms with van der Waals surface area (Å²) in [4.78, 5) is 26.0. The van der Waals surface area contributed by atoms with Gasteiger partial charge in [0.15, 0.2) is 4.32 Å².